The SMILES string of the molecule is c1ccc(CN(Cc2ccccn2)c2ccc(-c3ccc(-c4nc(-c5ccc(-c6ccc(N(Cc7ccccn7)Cc7ccccn7)cc6)s5)nc(-c5ccc(-c6ccc(N(Cc7ccccn7)Cc7ccccn7)cc6)s5)n4)s3)cc2)nc1. The second-order valence-electron chi connectivity index (χ2n) is 19.9. The lowest BCUT2D eigenvalue weighted by Gasteiger charge is -2.24. The minimum Gasteiger partial charge on any atom is -0.360 e. The monoisotopic (exact) mass is 1150 g/mol. The van der Waals surface area contributed by atoms with E-state index in [9.17, 15) is 0 Å². The Bertz CT molecular complexity index is 3620. The number of benzene rings is 3. The first-order valence-corrected chi connectivity index (χ1v) is 30.0. The van der Waals surface area contributed by atoms with Gasteiger partial charge >= 0.3 is 0 Å². The molecule has 0 N–H and O–H groups in total. The number of hydrogen-bond acceptors (Lipinski definition) is 15. The number of rotatable bonds is 21. The van der Waals surface area contributed by atoms with Crippen molar-refractivity contribution in [3.05, 3.63) is 290 Å². The van der Waals surface area contributed by atoms with Crippen LogP contribution in [0.5, 0.6) is 0 Å². The highest BCUT2D eigenvalue weighted by molar-refractivity contribution is 7.19. The zero-order valence-electron chi connectivity index (χ0n) is 45.6. The van der Waals surface area contributed by atoms with Crippen LogP contribution in [0.4, 0.5) is 17.1 Å². The Hall–Kier alpha value is -9.93. The highest BCUT2D eigenvalue weighted by atomic mass is 32.1. The number of nitrogens with zero attached hydrogens (tertiary/aromatic N) is 12. The molecule has 0 aliphatic heterocycles. The van der Waals surface area contributed by atoms with E-state index in [1.807, 2.05) is 110 Å². The minimum absolute atomic E-state index is 0.625. The molecule has 10 aromatic heterocycles. The van der Waals surface area contributed by atoms with Crippen LogP contribution < -0.4 is 14.7 Å². The molecule has 0 saturated heterocycles. The Morgan fingerprint density at radius 1 is 0.226 bits per heavy atom. The van der Waals surface area contributed by atoms with Crippen molar-refractivity contribution < 1.29 is 0 Å². The Morgan fingerprint density at radius 2 is 0.440 bits per heavy atom. The van der Waals surface area contributed by atoms with Crippen LogP contribution >= 0.6 is 34.0 Å². The molecule has 12 nitrogen and oxygen atoms in total. The maximum Gasteiger partial charge on any atom is 0.174 e. The quantitative estimate of drug-likeness (QED) is 0.0680. The van der Waals surface area contributed by atoms with Gasteiger partial charge in [-0.2, -0.15) is 0 Å². The van der Waals surface area contributed by atoms with Crippen LogP contribution in [0.3, 0.4) is 0 Å². The summed E-state index contributed by atoms with van der Waals surface area (Å²) >= 11 is 5.03. The van der Waals surface area contributed by atoms with E-state index in [0.717, 1.165) is 97.2 Å². The first-order valence-electron chi connectivity index (χ1n) is 27.6. The largest absolute Gasteiger partial charge is 0.360 e. The average molecular weight is 1150 g/mol. The van der Waals surface area contributed by atoms with Crippen molar-refractivity contribution in [1.29, 1.82) is 0 Å². The van der Waals surface area contributed by atoms with Gasteiger partial charge in [0.1, 0.15) is 0 Å². The third-order valence-electron chi connectivity index (χ3n) is 14.1. The summed E-state index contributed by atoms with van der Waals surface area (Å²) in [5.41, 5.74) is 12.5. The molecule has 13 rings (SSSR count). The third-order valence-corrected chi connectivity index (χ3v) is 17.5. The second kappa shape index (κ2) is 25.5. The first kappa shape index (κ1) is 53.4. The van der Waals surface area contributed by atoms with Crippen molar-refractivity contribution in [2.75, 3.05) is 14.7 Å². The number of pyridine rings is 6. The summed E-state index contributed by atoms with van der Waals surface area (Å²) in [4.78, 5) is 56.7. The van der Waals surface area contributed by atoms with Crippen LogP contribution in [0.1, 0.15) is 34.2 Å². The molecule has 0 spiro atoms. The Kier molecular flexibility index (Phi) is 16.2. The predicted molar refractivity (Wildman–Crippen MR) is 341 cm³/mol. The van der Waals surface area contributed by atoms with Crippen molar-refractivity contribution >= 4 is 51.1 Å². The van der Waals surface area contributed by atoms with Crippen molar-refractivity contribution in [3.63, 3.8) is 0 Å². The Balaban J connectivity index is 0.803. The van der Waals surface area contributed by atoms with Crippen LogP contribution in [0.2, 0.25) is 0 Å². The highest BCUT2D eigenvalue weighted by Crippen LogP contribution is 2.40. The van der Waals surface area contributed by atoms with Gasteiger partial charge < -0.3 is 14.7 Å². The number of anilines is 3. The molecule has 0 bridgehead atoms. The second-order valence-corrected chi connectivity index (χ2v) is 23.2. The molecule has 0 aliphatic rings. The van der Waals surface area contributed by atoms with Crippen molar-refractivity contribution in [3.8, 4) is 63.4 Å². The summed E-state index contributed by atoms with van der Waals surface area (Å²) < 4.78 is 0. The molecule has 408 valence electrons. The van der Waals surface area contributed by atoms with E-state index in [0.29, 0.717) is 56.7 Å². The number of hydrogen-bond donors (Lipinski definition) is 0. The van der Waals surface area contributed by atoms with E-state index in [-0.39, 0.29) is 0 Å². The van der Waals surface area contributed by atoms with Crippen molar-refractivity contribution in [2.45, 2.75) is 39.3 Å². The van der Waals surface area contributed by atoms with Crippen LogP contribution in [0, 0.1) is 0 Å². The van der Waals surface area contributed by atoms with Crippen LogP contribution in [-0.4, -0.2) is 44.9 Å². The van der Waals surface area contributed by atoms with E-state index >= 15 is 0 Å². The lowest BCUT2D eigenvalue weighted by molar-refractivity contribution is 0.765. The summed E-state index contributed by atoms with van der Waals surface area (Å²) in [6.45, 7) is 3.91. The molecule has 0 unspecified atom stereocenters. The molecule has 0 fully saturated rings. The van der Waals surface area contributed by atoms with Gasteiger partial charge in [0, 0.05) is 68.9 Å². The fraction of sp³-hybridized carbons (Fsp3) is 0.0870. The van der Waals surface area contributed by atoms with Gasteiger partial charge in [-0.05, 0) is 162 Å². The lowest BCUT2D eigenvalue weighted by Crippen LogP contribution is -2.23. The maximum atomic E-state index is 5.25. The standard InChI is InChI=1S/C69H54N12S3/c1-7-37-70-52(13-1)43-79(44-53-14-2-8-38-71-53)58-25-19-49(20-26-58)61-31-34-64(82-61)67-76-68(65-35-32-62(83-65)50-21-27-59(28-22-50)80(45-54-15-3-9-39-72-54)46-55-16-4-10-40-73-55)78-69(77-67)66-36-33-63(84-66)51-23-29-60(30-24-51)81(47-56-17-5-11-41-74-56)48-57-18-6-12-42-75-57/h1-42H,43-48H2. The van der Waals surface area contributed by atoms with Crippen molar-refractivity contribution in [1.82, 2.24) is 44.9 Å². The fourth-order valence-electron chi connectivity index (χ4n) is 9.89. The van der Waals surface area contributed by atoms with Gasteiger partial charge in [-0.1, -0.05) is 72.8 Å². The molecule has 0 radical (unpaired) electrons. The molecular weight excluding hydrogens is 1090 g/mol. The van der Waals surface area contributed by atoms with E-state index in [1.54, 1.807) is 34.0 Å². The average Bonchev–Trinajstić information content (AvgIpc) is 4.40. The van der Waals surface area contributed by atoms with Gasteiger partial charge in [0.15, 0.2) is 17.5 Å². The smallest absolute Gasteiger partial charge is 0.174 e. The zero-order valence-corrected chi connectivity index (χ0v) is 48.0. The van der Waals surface area contributed by atoms with E-state index < -0.39 is 0 Å². The molecule has 13 aromatic rings. The molecule has 10 heterocycles. The lowest BCUT2D eigenvalue weighted by atomic mass is 10.1. The maximum absolute atomic E-state index is 5.25. The molecule has 84 heavy (non-hydrogen) atoms. The molecular formula is C69H54N12S3. The van der Waals surface area contributed by atoms with Gasteiger partial charge in [-0.3, -0.25) is 29.9 Å². The topological polar surface area (TPSA) is 126 Å². The van der Waals surface area contributed by atoms with E-state index in [2.05, 4.69) is 190 Å². The summed E-state index contributed by atoms with van der Waals surface area (Å²) in [5.74, 6) is 1.88. The zero-order chi connectivity index (χ0) is 56.3. The minimum atomic E-state index is 0.625. The van der Waals surface area contributed by atoms with Crippen LogP contribution in [-0.2, 0) is 39.3 Å². The van der Waals surface area contributed by atoms with Crippen LogP contribution in [0.15, 0.2) is 256 Å². The van der Waals surface area contributed by atoms with Gasteiger partial charge in [0.05, 0.1) is 88.1 Å². The summed E-state index contributed by atoms with van der Waals surface area (Å²) in [7, 11) is 0. The Labute approximate surface area is 499 Å². The highest BCUT2D eigenvalue weighted by Gasteiger charge is 2.20. The normalized spacial score (nSPS) is 11.1. The van der Waals surface area contributed by atoms with Gasteiger partial charge in [-0.25, -0.2) is 15.0 Å². The van der Waals surface area contributed by atoms with Gasteiger partial charge in [-0.15, -0.1) is 34.0 Å². The van der Waals surface area contributed by atoms with Crippen LogP contribution in [0.25, 0.3) is 63.4 Å². The number of thiophene rings is 3. The summed E-state index contributed by atoms with van der Waals surface area (Å²) in [6.07, 6.45) is 11.1. The van der Waals surface area contributed by atoms with E-state index in [4.69, 9.17) is 15.0 Å². The molecule has 3 aromatic carbocycles. The van der Waals surface area contributed by atoms with Crippen molar-refractivity contribution in [2.24, 2.45) is 0 Å². The fourth-order valence-corrected chi connectivity index (χ4v) is 12.7. The third kappa shape index (κ3) is 13.0. The van der Waals surface area contributed by atoms with Gasteiger partial charge in [0.2, 0.25) is 0 Å². The summed E-state index contributed by atoms with van der Waals surface area (Å²) in [5, 5.41) is 0. The first-order chi connectivity index (χ1) is 41.5. The summed E-state index contributed by atoms with van der Waals surface area (Å²) in [6, 6.07) is 75.4. The molecule has 0 amide bonds. The molecule has 0 saturated carbocycles. The predicted octanol–water partition coefficient (Wildman–Crippen LogP) is 16.0. The van der Waals surface area contributed by atoms with E-state index in [1.165, 1.54) is 0 Å². The molecule has 0 atom stereocenters. The molecule has 0 aliphatic carbocycles. The Morgan fingerprint density at radius 3 is 0.643 bits per heavy atom. The number of aromatic nitrogens is 9. The van der Waals surface area contributed by atoms with Gasteiger partial charge in [0.25, 0.3) is 0 Å². The molecule has 15 heteroatoms.